The van der Waals surface area contributed by atoms with Gasteiger partial charge in [-0.15, -0.1) is 0 Å². The van der Waals surface area contributed by atoms with Crippen molar-refractivity contribution in [3.63, 3.8) is 0 Å². The average Bonchev–Trinajstić information content (AvgIpc) is 3.40. The number of aryl methyl sites for hydroxylation is 1. The number of ketones is 1. The Bertz CT molecular complexity index is 1620. The van der Waals surface area contributed by atoms with E-state index in [-0.39, 0.29) is 6.04 Å². The fraction of sp³-hybridized carbons (Fsp3) is 0.290. The van der Waals surface area contributed by atoms with Crippen LogP contribution in [0.15, 0.2) is 67.0 Å². The van der Waals surface area contributed by atoms with Gasteiger partial charge in [-0.2, -0.15) is 0 Å². The van der Waals surface area contributed by atoms with Crippen molar-refractivity contribution in [3.05, 3.63) is 84.2 Å². The maximum Gasteiger partial charge on any atom is 0.298 e. The van der Waals surface area contributed by atoms with E-state index in [0.29, 0.717) is 49.3 Å². The summed E-state index contributed by atoms with van der Waals surface area (Å²) in [6.45, 7) is 3.21. The molecular weight excluding hydrogens is 523 g/mol. The normalized spacial score (nSPS) is 17.6. The van der Waals surface area contributed by atoms with Gasteiger partial charge in [-0.05, 0) is 43.0 Å². The highest BCUT2D eigenvalue weighted by Gasteiger charge is 2.34. The highest BCUT2D eigenvalue weighted by atomic mass is 19.1. The lowest BCUT2D eigenvalue weighted by atomic mass is 10.0. The summed E-state index contributed by atoms with van der Waals surface area (Å²) >= 11 is 0. The molecule has 0 unspecified atom stereocenters. The van der Waals surface area contributed by atoms with Crippen LogP contribution in [0.3, 0.4) is 0 Å². The number of carbonyl (C=O) groups is 2. The molecule has 5 heterocycles. The second-order valence-electron chi connectivity index (χ2n) is 10.6. The summed E-state index contributed by atoms with van der Waals surface area (Å²) in [4.78, 5) is 39.4. The highest BCUT2D eigenvalue weighted by molar-refractivity contribution is 6.47. The lowest BCUT2D eigenvalue weighted by molar-refractivity contribution is -0.112. The van der Waals surface area contributed by atoms with Gasteiger partial charge in [-0.1, -0.05) is 30.3 Å². The van der Waals surface area contributed by atoms with Crippen LogP contribution in [0.5, 0.6) is 5.75 Å². The second-order valence-corrected chi connectivity index (χ2v) is 10.6. The number of piperazine rings is 1. The average molecular weight is 553 g/mol. The molecule has 9 nitrogen and oxygen atoms in total. The first-order valence-corrected chi connectivity index (χ1v) is 13.9. The zero-order valence-electron chi connectivity index (χ0n) is 22.4. The highest BCUT2D eigenvalue weighted by Crippen LogP contribution is 2.38. The molecule has 7 rings (SSSR count). The Morgan fingerprint density at radius 3 is 2.63 bits per heavy atom. The summed E-state index contributed by atoms with van der Waals surface area (Å²) in [5.41, 5.74) is 4.70. The molecule has 0 radical (unpaired) electrons. The van der Waals surface area contributed by atoms with Gasteiger partial charge in [0.15, 0.2) is 5.82 Å². The summed E-state index contributed by atoms with van der Waals surface area (Å²) in [5.74, 6) is -0.524. The minimum Gasteiger partial charge on any atom is -0.489 e. The summed E-state index contributed by atoms with van der Waals surface area (Å²) in [6, 6.07) is 17.4. The molecule has 0 spiro atoms. The zero-order chi connectivity index (χ0) is 27.9. The number of rotatable bonds is 5. The Balaban J connectivity index is 1.09. The van der Waals surface area contributed by atoms with Gasteiger partial charge < -0.3 is 24.4 Å². The van der Waals surface area contributed by atoms with Crippen LogP contribution >= 0.6 is 0 Å². The Hall–Kier alpha value is -4.73. The van der Waals surface area contributed by atoms with Crippen LogP contribution in [0, 0.1) is 5.82 Å². The maximum absolute atomic E-state index is 13.6. The lowest BCUT2D eigenvalue weighted by Crippen LogP contribution is -2.57. The fourth-order valence-electron chi connectivity index (χ4n) is 6.11. The first-order valence-electron chi connectivity index (χ1n) is 13.9. The number of aromatic nitrogens is 3. The van der Waals surface area contributed by atoms with Crippen molar-refractivity contribution in [1.29, 1.82) is 0 Å². The summed E-state index contributed by atoms with van der Waals surface area (Å²) in [7, 11) is 0. The number of hydrogen-bond acceptors (Lipinski definition) is 7. The van der Waals surface area contributed by atoms with E-state index in [4.69, 9.17) is 4.74 Å². The van der Waals surface area contributed by atoms with Gasteiger partial charge in [0.2, 0.25) is 5.95 Å². The Kier molecular flexibility index (Phi) is 6.37. The Morgan fingerprint density at radius 1 is 0.976 bits per heavy atom. The standard InChI is InChI=1S/C31H29FN6O3/c32-21-16-33-31(34-17-21)36-12-13-37-24(18-36)19-41-27-14-22(9-10-26(27)37)35-30(40)29(39)28-25(20-6-2-1-3-7-20)15-23-8-4-5-11-38(23)28/h1-3,6-7,9-10,14-17,24H,4-5,8,11-13,18-19H2,(H,35,40)/t24-/m0/s1. The number of halogens is 1. The van der Waals surface area contributed by atoms with Gasteiger partial charge in [0, 0.05) is 49.2 Å². The molecule has 1 fully saturated rings. The number of hydrogen-bond donors (Lipinski definition) is 1. The molecule has 1 amide bonds. The number of carbonyl (C=O) groups excluding carboxylic acids is 2. The number of benzene rings is 2. The molecule has 3 aliphatic rings. The van der Waals surface area contributed by atoms with Gasteiger partial charge in [0.25, 0.3) is 11.7 Å². The van der Waals surface area contributed by atoms with E-state index in [1.807, 2.05) is 45.9 Å². The van der Waals surface area contributed by atoms with Crippen LogP contribution in [0.25, 0.3) is 11.1 Å². The first kappa shape index (κ1) is 25.3. The fourth-order valence-corrected chi connectivity index (χ4v) is 6.11. The summed E-state index contributed by atoms with van der Waals surface area (Å²) in [6.07, 6.45) is 5.30. The summed E-state index contributed by atoms with van der Waals surface area (Å²) in [5, 5.41) is 2.82. The number of anilines is 3. The van der Waals surface area contributed by atoms with E-state index < -0.39 is 17.5 Å². The lowest BCUT2D eigenvalue weighted by Gasteiger charge is -2.45. The van der Waals surface area contributed by atoms with E-state index in [1.165, 1.54) is 12.4 Å². The second kappa shape index (κ2) is 10.3. The zero-order valence-corrected chi connectivity index (χ0v) is 22.4. The summed E-state index contributed by atoms with van der Waals surface area (Å²) < 4.78 is 21.4. The van der Waals surface area contributed by atoms with Gasteiger partial charge >= 0.3 is 0 Å². The van der Waals surface area contributed by atoms with Crippen molar-refractivity contribution in [2.45, 2.75) is 31.8 Å². The molecule has 2 aromatic heterocycles. The van der Waals surface area contributed by atoms with E-state index >= 15 is 0 Å². The quantitative estimate of drug-likeness (QED) is 0.291. The number of amides is 1. The van der Waals surface area contributed by atoms with Crippen LogP contribution in [0.1, 0.15) is 29.0 Å². The largest absolute Gasteiger partial charge is 0.489 e. The predicted octanol–water partition coefficient (Wildman–Crippen LogP) is 4.33. The van der Waals surface area contributed by atoms with Crippen LogP contribution < -0.4 is 19.9 Å². The minimum absolute atomic E-state index is 0.0730. The topological polar surface area (TPSA) is 92.6 Å². The predicted molar refractivity (Wildman–Crippen MR) is 153 cm³/mol. The molecule has 0 aliphatic carbocycles. The van der Waals surface area contributed by atoms with Crippen molar-refractivity contribution < 1.29 is 18.7 Å². The van der Waals surface area contributed by atoms with E-state index in [0.717, 1.165) is 48.3 Å². The molecule has 1 N–H and O–H groups in total. The molecule has 10 heteroatoms. The third kappa shape index (κ3) is 4.69. The minimum atomic E-state index is -0.671. The number of Topliss-reactive ketones (excluding diaryl/α,β-unsaturated/α-hetero) is 1. The van der Waals surface area contributed by atoms with Crippen LogP contribution in [0.2, 0.25) is 0 Å². The molecule has 1 saturated heterocycles. The molecule has 4 aromatic rings. The van der Waals surface area contributed by atoms with E-state index in [9.17, 15) is 14.0 Å². The van der Waals surface area contributed by atoms with Crippen molar-refractivity contribution in [3.8, 4) is 16.9 Å². The molecule has 41 heavy (non-hydrogen) atoms. The van der Waals surface area contributed by atoms with Crippen LogP contribution in [-0.4, -0.2) is 58.5 Å². The van der Waals surface area contributed by atoms with Gasteiger partial charge in [0.1, 0.15) is 18.1 Å². The molecule has 1 atom stereocenters. The Labute approximate surface area is 236 Å². The number of ether oxygens (including phenoxy) is 1. The molecule has 208 valence electrons. The van der Waals surface area contributed by atoms with Gasteiger partial charge in [0.05, 0.1) is 24.1 Å². The molecular formula is C31H29FN6O3. The van der Waals surface area contributed by atoms with Gasteiger partial charge in [-0.25, -0.2) is 14.4 Å². The van der Waals surface area contributed by atoms with E-state index in [2.05, 4.69) is 26.3 Å². The molecule has 2 aromatic carbocycles. The first-order chi connectivity index (χ1) is 20.0. The third-order valence-electron chi connectivity index (χ3n) is 8.08. The van der Waals surface area contributed by atoms with Crippen LogP contribution in [0.4, 0.5) is 21.7 Å². The van der Waals surface area contributed by atoms with Gasteiger partial charge in [-0.3, -0.25) is 9.59 Å². The molecule has 0 saturated carbocycles. The number of nitrogens with one attached hydrogen (secondary N) is 1. The van der Waals surface area contributed by atoms with E-state index in [1.54, 1.807) is 12.1 Å². The van der Waals surface area contributed by atoms with Crippen molar-refractivity contribution in [2.24, 2.45) is 0 Å². The number of nitrogens with zero attached hydrogens (tertiary/aromatic N) is 5. The SMILES string of the molecule is O=C(Nc1ccc2c(c1)OC[C@@H]1CN(c3ncc(F)cn3)CCN21)C(=O)c1c(-c2ccccc2)cc2n1CCCC2. The van der Waals surface area contributed by atoms with Crippen LogP contribution in [-0.2, 0) is 17.8 Å². The molecule has 0 bridgehead atoms. The smallest absolute Gasteiger partial charge is 0.298 e. The van der Waals surface area contributed by atoms with Crippen molar-refractivity contribution in [2.75, 3.05) is 41.4 Å². The maximum atomic E-state index is 13.6. The number of fused-ring (bicyclic) bond motifs is 4. The third-order valence-corrected chi connectivity index (χ3v) is 8.08. The molecule has 3 aliphatic heterocycles. The van der Waals surface area contributed by atoms with Crippen molar-refractivity contribution in [1.82, 2.24) is 14.5 Å². The Morgan fingerprint density at radius 2 is 1.80 bits per heavy atom. The monoisotopic (exact) mass is 552 g/mol. The van der Waals surface area contributed by atoms with Crippen molar-refractivity contribution >= 4 is 29.0 Å².